The Balaban J connectivity index is 2.03. The molecule has 2 atom stereocenters. The van der Waals surface area contributed by atoms with Crippen LogP contribution in [0, 0.1) is 11.8 Å². The summed E-state index contributed by atoms with van der Waals surface area (Å²) in [6.45, 7) is 2.80. The zero-order chi connectivity index (χ0) is 13.2. The smallest absolute Gasteiger partial charge is 0.309 e. The van der Waals surface area contributed by atoms with E-state index < -0.39 is 0 Å². The van der Waals surface area contributed by atoms with Crippen LogP contribution in [0.5, 0.6) is 0 Å². The third-order valence-corrected chi connectivity index (χ3v) is 3.37. The van der Waals surface area contributed by atoms with E-state index in [1.165, 1.54) is 0 Å². The molecule has 0 heterocycles. The van der Waals surface area contributed by atoms with Gasteiger partial charge in [-0.25, -0.2) is 0 Å². The Morgan fingerprint density at radius 1 is 1.22 bits per heavy atom. The molecule has 0 saturated heterocycles. The summed E-state index contributed by atoms with van der Waals surface area (Å²) in [5.41, 5.74) is 5.65. The Labute approximate surface area is 109 Å². The van der Waals surface area contributed by atoms with Crippen LogP contribution < -0.4 is 5.73 Å². The van der Waals surface area contributed by atoms with E-state index in [1.54, 1.807) is 7.11 Å². The van der Waals surface area contributed by atoms with Crippen molar-refractivity contribution in [2.24, 2.45) is 17.6 Å². The van der Waals surface area contributed by atoms with Crippen molar-refractivity contribution in [3.8, 4) is 0 Å². The van der Waals surface area contributed by atoms with Gasteiger partial charge in [-0.15, -0.1) is 0 Å². The lowest BCUT2D eigenvalue weighted by molar-refractivity contribution is -0.150. The molecule has 2 N–H and O–H groups in total. The molecule has 5 heteroatoms. The highest BCUT2D eigenvalue weighted by molar-refractivity contribution is 5.73. The zero-order valence-electron chi connectivity index (χ0n) is 11.2. The number of methoxy groups -OCH3 is 1. The average molecular weight is 259 g/mol. The van der Waals surface area contributed by atoms with Gasteiger partial charge in [-0.3, -0.25) is 4.79 Å². The summed E-state index contributed by atoms with van der Waals surface area (Å²) in [6.07, 6.45) is 3.79. The van der Waals surface area contributed by atoms with Gasteiger partial charge in [-0.2, -0.15) is 0 Å². The molecule has 0 spiro atoms. The van der Waals surface area contributed by atoms with Crippen molar-refractivity contribution < 1.29 is 19.0 Å². The Bertz CT molecular complexity index is 235. The summed E-state index contributed by atoms with van der Waals surface area (Å²) in [5.74, 6) is 0.250. The van der Waals surface area contributed by atoms with Gasteiger partial charge >= 0.3 is 5.97 Å². The number of esters is 1. The molecule has 1 aliphatic carbocycles. The standard InChI is InChI=1S/C13H25NO4/c1-16-8-9-17-6-3-7-18-13(15)12-5-2-4-11(12)10-14/h11-12H,2-10,14H2,1H3. The second-order valence-electron chi connectivity index (χ2n) is 4.66. The molecule has 106 valence electrons. The number of hydrogen-bond acceptors (Lipinski definition) is 5. The number of carbonyl (C=O) groups excluding carboxylic acids is 1. The Hall–Kier alpha value is -0.650. The van der Waals surface area contributed by atoms with E-state index in [2.05, 4.69) is 0 Å². The number of hydrogen-bond donors (Lipinski definition) is 1. The highest BCUT2D eigenvalue weighted by atomic mass is 16.5. The van der Waals surface area contributed by atoms with E-state index in [1.807, 2.05) is 0 Å². The molecule has 0 bridgehead atoms. The van der Waals surface area contributed by atoms with Crippen LogP contribution in [0.4, 0.5) is 0 Å². The summed E-state index contributed by atoms with van der Waals surface area (Å²) in [5, 5.41) is 0. The van der Waals surface area contributed by atoms with Crippen LogP contribution in [0.2, 0.25) is 0 Å². The van der Waals surface area contributed by atoms with Gasteiger partial charge in [0.1, 0.15) is 0 Å². The monoisotopic (exact) mass is 259 g/mol. The first-order valence-electron chi connectivity index (χ1n) is 6.73. The highest BCUT2D eigenvalue weighted by Gasteiger charge is 2.32. The van der Waals surface area contributed by atoms with Crippen LogP contribution in [0.25, 0.3) is 0 Å². The van der Waals surface area contributed by atoms with Crippen molar-refractivity contribution in [3.05, 3.63) is 0 Å². The Kier molecular flexibility index (Phi) is 7.96. The van der Waals surface area contributed by atoms with Gasteiger partial charge < -0.3 is 19.9 Å². The lowest BCUT2D eigenvalue weighted by atomic mass is 9.96. The first kappa shape index (κ1) is 15.4. The predicted molar refractivity (Wildman–Crippen MR) is 68.2 cm³/mol. The maximum atomic E-state index is 11.8. The maximum Gasteiger partial charge on any atom is 0.309 e. The van der Waals surface area contributed by atoms with Crippen molar-refractivity contribution in [2.45, 2.75) is 25.7 Å². The molecular weight excluding hydrogens is 234 g/mol. The van der Waals surface area contributed by atoms with Gasteiger partial charge in [-0.1, -0.05) is 6.42 Å². The number of ether oxygens (including phenoxy) is 3. The van der Waals surface area contributed by atoms with E-state index in [0.29, 0.717) is 38.9 Å². The van der Waals surface area contributed by atoms with Crippen molar-refractivity contribution in [2.75, 3.05) is 40.1 Å². The van der Waals surface area contributed by atoms with Crippen LogP contribution in [-0.2, 0) is 19.0 Å². The van der Waals surface area contributed by atoms with Crippen molar-refractivity contribution in [1.82, 2.24) is 0 Å². The fourth-order valence-electron chi connectivity index (χ4n) is 2.31. The molecule has 0 aromatic heterocycles. The highest BCUT2D eigenvalue weighted by Crippen LogP contribution is 2.31. The van der Waals surface area contributed by atoms with Crippen LogP contribution in [0.1, 0.15) is 25.7 Å². The van der Waals surface area contributed by atoms with Gasteiger partial charge in [0.2, 0.25) is 0 Å². The van der Waals surface area contributed by atoms with E-state index in [9.17, 15) is 4.79 Å². The summed E-state index contributed by atoms with van der Waals surface area (Å²) < 4.78 is 15.4. The minimum absolute atomic E-state index is 0.0180. The van der Waals surface area contributed by atoms with Gasteiger partial charge in [0.15, 0.2) is 0 Å². The lowest BCUT2D eigenvalue weighted by Crippen LogP contribution is -2.27. The molecule has 18 heavy (non-hydrogen) atoms. The van der Waals surface area contributed by atoms with Crippen LogP contribution in [-0.4, -0.2) is 46.1 Å². The maximum absolute atomic E-state index is 11.8. The molecule has 1 aliphatic rings. The minimum atomic E-state index is -0.0835. The molecule has 0 amide bonds. The van der Waals surface area contributed by atoms with Gasteiger partial charge in [-0.05, 0) is 25.3 Å². The predicted octanol–water partition coefficient (Wildman–Crippen LogP) is 0.958. The van der Waals surface area contributed by atoms with E-state index >= 15 is 0 Å². The summed E-state index contributed by atoms with van der Waals surface area (Å²) in [7, 11) is 1.64. The molecular formula is C13H25NO4. The number of carbonyl (C=O) groups is 1. The molecule has 0 aliphatic heterocycles. The first-order chi connectivity index (χ1) is 8.79. The van der Waals surface area contributed by atoms with Crippen LogP contribution in [0.15, 0.2) is 0 Å². The van der Waals surface area contributed by atoms with E-state index in [4.69, 9.17) is 19.9 Å². The minimum Gasteiger partial charge on any atom is -0.465 e. The van der Waals surface area contributed by atoms with Gasteiger partial charge in [0.05, 0.1) is 25.7 Å². The molecule has 5 nitrogen and oxygen atoms in total. The first-order valence-corrected chi connectivity index (χ1v) is 6.73. The third-order valence-electron chi connectivity index (χ3n) is 3.37. The van der Waals surface area contributed by atoms with Gasteiger partial charge in [0.25, 0.3) is 0 Å². The molecule has 0 aromatic carbocycles. The van der Waals surface area contributed by atoms with E-state index in [0.717, 1.165) is 25.7 Å². The second kappa shape index (κ2) is 9.30. The molecule has 1 saturated carbocycles. The molecule has 0 radical (unpaired) electrons. The topological polar surface area (TPSA) is 70.8 Å². The summed E-state index contributed by atoms with van der Waals surface area (Å²) in [6, 6.07) is 0. The van der Waals surface area contributed by atoms with Crippen LogP contribution >= 0.6 is 0 Å². The van der Waals surface area contributed by atoms with E-state index in [-0.39, 0.29) is 11.9 Å². The molecule has 1 fully saturated rings. The fourth-order valence-corrected chi connectivity index (χ4v) is 2.31. The van der Waals surface area contributed by atoms with Crippen molar-refractivity contribution in [3.63, 3.8) is 0 Å². The molecule has 1 rings (SSSR count). The van der Waals surface area contributed by atoms with Crippen LogP contribution in [0.3, 0.4) is 0 Å². The molecule has 2 unspecified atom stereocenters. The normalized spacial score (nSPS) is 23.2. The average Bonchev–Trinajstić information content (AvgIpc) is 2.85. The van der Waals surface area contributed by atoms with Crippen molar-refractivity contribution >= 4 is 5.97 Å². The number of rotatable bonds is 9. The van der Waals surface area contributed by atoms with Gasteiger partial charge in [0, 0.05) is 20.1 Å². The quantitative estimate of drug-likeness (QED) is 0.493. The lowest BCUT2D eigenvalue weighted by Gasteiger charge is -2.16. The zero-order valence-corrected chi connectivity index (χ0v) is 11.2. The largest absolute Gasteiger partial charge is 0.465 e. The Morgan fingerprint density at radius 3 is 2.78 bits per heavy atom. The molecule has 0 aromatic rings. The summed E-state index contributed by atoms with van der Waals surface area (Å²) in [4.78, 5) is 11.8. The Morgan fingerprint density at radius 2 is 2.06 bits per heavy atom. The second-order valence-corrected chi connectivity index (χ2v) is 4.66. The van der Waals surface area contributed by atoms with Crippen molar-refractivity contribution in [1.29, 1.82) is 0 Å². The third kappa shape index (κ3) is 5.33. The fraction of sp³-hybridized carbons (Fsp3) is 0.923. The summed E-state index contributed by atoms with van der Waals surface area (Å²) >= 11 is 0. The SMILES string of the molecule is COCCOCCCOC(=O)C1CCCC1CN. The number of nitrogens with two attached hydrogens (primary N) is 1.